The van der Waals surface area contributed by atoms with Crippen molar-refractivity contribution >= 4 is 17.7 Å². The van der Waals surface area contributed by atoms with Crippen molar-refractivity contribution in [1.82, 2.24) is 4.90 Å². The summed E-state index contributed by atoms with van der Waals surface area (Å²) in [4.78, 5) is 13.6. The summed E-state index contributed by atoms with van der Waals surface area (Å²) in [5.74, 6) is 1.50. The van der Waals surface area contributed by atoms with Gasteiger partial charge in [-0.3, -0.25) is 4.79 Å². The number of rotatable bonds is 6. The molecule has 0 spiro atoms. The van der Waals surface area contributed by atoms with Crippen LogP contribution in [0.5, 0.6) is 11.5 Å². The van der Waals surface area contributed by atoms with Crippen LogP contribution < -0.4 is 9.47 Å². The average molecular weight is 313 g/mol. The Balaban J connectivity index is 2.37. The molecule has 1 aliphatic heterocycles. The molecule has 0 radical (unpaired) electrons. The van der Waals surface area contributed by atoms with E-state index in [4.69, 9.17) is 14.6 Å². The van der Waals surface area contributed by atoms with Gasteiger partial charge in [0.2, 0.25) is 5.91 Å². The Labute approximate surface area is 127 Å². The Hall–Kier alpha value is -1.44. The Kier molecular flexibility index (Phi) is 5.33. The van der Waals surface area contributed by atoms with Gasteiger partial charge >= 0.3 is 0 Å². The zero-order valence-corrected chi connectivity index (χ0v) is 12.8. The molecule has 2 rings (SSSR count). The highest BCUT2D eigenvalue weighted by Gasteiger charge is 2.37. The second-order valence-corrected chi connectivity index (χ2v) is 5.69. The summed E-state index contributed by atoms with van der Waals surface area (Å²) in [6, 6.07) is 5.43. The van der Waals surface area contributed by atoms with E-state index in [-0.39, 0.29) is 24.4 Å². The lowest BCUT2D eigenvalue weighted by molar-refractivity contribution is -0.129. The van der Waals surface area contributed by atoms with E-state index < -0.39 is 6.10 Å². The fraction of sp³-hybridized carbons (Fsp3) is 0.500. The molecule has 7 heteroatoms. The van der Waals surface area contributed by atoms with Crippen LogP contribution in [-0.4, -0.2) is 60.2 Å². The number of methoxy groups -OCH3 is 2. The Morgan fingerprint density at radius 1 is 1.38 bits per heavy atom. The molecule has 1 aliphatic rings. The highest BCUT2D eigenvalue weighted by atomic mass is 32.2. The van der Waals surface area contributed by atoms with Gasteiger partial charge < -0.3 is 24.6 Å². The first-order chi connectivity index (χ1) is 10.1. The van der Waals surface area contributed by atoms with Gasteiger partial charge in [-0.2, -0.15) is 0 Å². The molecule has 0 aliphatic carbocycles. The predicted molar refractivity (Wildman–Crippen MR) is 79.6 cm³/mol. The van der Waals surface area contributed by atoms with Crippen molar-refractivity contribution < 1.29 is 24.5 Å². The fourth-order valence-electron chi connectivity index (χ4n) is 2.30. The highest BCUT2D eigenvalue weighted by molar-refractivity contribution is 8.00. The number of nitrogens with zero attached hydrogens (tertiary/aromatic N) is 1. The van der Waals surface area contributed by atoms with Crippen LogP contribution in [0.2, 0.25) is 0 Å². The summed E-state index contributed by atoms with van der Waals surface area (Å²) < 4.78 is 10.7. The van der Waals surface area contributed by atoms with Gasteiger partial charge in [-0.1, -0.05) is 6.07 Å². The van der Waals surface area contributed by atoms with Crippen LogP contribution in [0.25, 0.3) is 0 Å². The summed E-state index contributed by atoms with van der Waals surface area (Å²) >= 11 is 1.45. The van der Waals surface area contributed by atoms with E-state index >= 15 is 0 Å². The smallest absolute Gasteiger partial charge is 0.233 e. The van der Waals surface area contributed by atoms with Gasteiger partial charge in [0.15, 0.2) is 0 Å². The number of carbonyl (C=O) groups excluding carboxylic acids is 1. The number of aliphatic hydroxyl groups is 2. The summed E-state index contributed by atoms with van der Waals surface area (Å²) in [7, 11) is 3.12. The SMILES string of the molecule is COc1cccc(OC)c1C1SCC(=O)N1C[C@H](O)CO. The van der Waals surface area contributed by atoms with E-state index in [2.05, 4.69) is 0 Å². The van der Waals surface area contributed by atoms with Crippen LogP contribution in [0, 0.1) is 0 Å². The molecule has 1 aromatic rings. The summed E-state index contributed by atoms with van der Waals surface area (Å²) in [5.41, 5.74) is 0.767. The molecule has 1 saturated heterocycles. The molecule has 1 unspecified atom stereocenters. The van der Waals surface area contributed by atoms with Crippen molar-refractivity contribution in [2.45, 2.75) is 11.5 Å². The van der Waals surface area contributed by atoms with Crippen LogP contribution in [0.15, 0.2) is 18.2 Å². The van der Waals surface area contributed by atoms with Gasteiger partial charge in [-0.15, -0.1) is 11.8 Å². The average Bonchev–Trinajstić information content (AvgIpc) is 2.86. The van der Waals surface area contributed by atoms with Crippen LogP contribution in [0.1, 0.15) is 10.9 Å². The minimum Gasteiger partial charge on any atom is -0.496 e. The lowest BCUT2D eigenvalue weighted by atomic mass is 10.1. The van der Waals surface area contributed by atoms with Gasteiger partial charge in [-0.05, 0) is 12.1 Å². The van der Waals surface area contributed by atoms with Crippen molar-refractivity contribution in [2.24, 2.45) is 0 Å². The zero-order valence-electron chi connectivity index (χ0n) is 12.0. The second-order valence-electron chi connectivity index (χ2n) is 4.62. The third-order valence-electron chi connectivity index (χ3n) is 3.30. The fourth-order valence-corrected chi connectivity index (χ4v) is 3.55. The van der Waals surface area contributed by atoms with E-state index in [1.54, 1.807) is 19.1 Å². The maximum atomic E-state index is 12.0. The summed E-state index contributed by atoms with van der Waals surface area (Å²) in [6.07, 6.45) is -0.962. The predicted octanol–water partition coefficient (Wildman–Crippen LogP) is 0.631. The topological polar surface area (TPSA) is 79.2 Å². The van der Waals surface area contributed by atoms with Crippen molar-refractivity contribution in [3.8, 4) is 11.5 Å². The van der Waals surface area contributed by atoms with Gasteiger partial charge in [0.05, 0.1) is 44.8 Å². The first-order valence-electron chi connectivity index (χ1n) is 6.53. The zero-order chi connectivity index (χ0) is 15.4. The number of ether oxygens (including phenoxy) is 2. The molecule has 1 aromatic carbocycles. The molecular formula is C14H19NO5S. The number of β-amino-alcohol motifs (C(OH)–C–C–N with tert-alkyl or cyclic N) is 1. The van der Waals surface area contributed by atoms with Gasteiger partial charge in [-0.25, -0.2) is 0 Å². The first kappa shape index (κ1) is 15.9. The molecule has 21 heavy (non-hydrogen) atoms. The molecule has 2 N–H and O–H groups in total. The highest BCUT2D eigenvalue weighted by Crippen LogP contribution is 2.46. The maximum Gasteiger partial charge on any atom is 0.233 e. The van der Waals surface area contributed by atoms with Crippen LogP contribution in [0.4, 0.5) is 0 Å². The van der Waals surface area contributed by atoms with E-state index in [1.807, 2.05) is 18.2 Å². The van der Waals surface area contributed by atoms with E-state index in [9.17, 15) is 9.90 Å². The van der Waals surface area contributed by atoms with Gasteiger partial charge in [0.25, 0.3) is 0 Å². The Morgan fingerprint density at radius 3 is 2.52 bits per heavy atom. The molecular weight excluding hydrogens is 294 g/mol. The Morgan fingerprint density at radius 2 is 2.00 bits per heavy atom. The number of benzene rings is 1. The van der Waals surface area contributed by atoms with Gasteiger partial charge in [0, 0.05) is 0 Å². The number of aliphatic hydroxyl groups excluding tert-OH is 2. The summed E-state index contributed by atoms with van der Waals surface area (Å²) in [6.45, 7) is -0.307. The molecule has 1 fully saturated rings. The molecule has 116 valence electrons. The second kappa shape index (κ2) is 7.02. The molecule has 1 amide bonds. The van der Waals surface area contributed by atoms with E-state index in [0.29, 0.717) is 17.3 Å². The monoisotopic (exact) mass is 313 g/mol. The van der Waals surface area contributed by atoms with Crippen molar-refractivity contribution in [1.29, 1.82) is 0 Å². The number of thioether (sulfide) groups is 1. The first-order valence-corrected chi connectivity index (χ1v) is 7.58. The minimum absolute atomic E-state index is 0.0776. The minimum atomic E-state index is -0.962. The van der Waals surface area contributed by atoms with E-state index in [0.717, 1.165) is 5.56 Å². The standard InChI is InChI=1S/C14H19NO5S/c1-19-10-4-3-5-11(20-2)13(10)14-15(6-9(17)7-16)12(18)8-21-14/h3-5,9,14,16-17H,6-8H2,1-2H3/t9-,14?/m0/s1. The lowest BCUT2D eigenvalue weighted by Gasteiger charge is -2.28. The molecule has 0 saturated carbocycles. The quantitative estimate of drug-likeness (QED) is 0.802. The van der Waals surface area contributed by atoms with Crippen LogP contribution in [0.3, 0.4) is 0 Å². The summed E-state index contributed by atoms with van der Waals surface area (Å²) in [5, 5.41) is 18.3. The van der Waals surface area contributed by atoms with Crippen LogP contribution >= 0.6 is 11.8 Å². The number of amides is 1. The number of carbonyl (C=O) groups is 1. The number of hydrogen-bond donors (Lipinski definition) is 2. The third-order valence-corrected chi connectivity index (χ3v) is 4.52. The van der Waals surface area contributed by atoms with Crippen molar-refractivity contribution in [2.75, 3.05) is 33.1 Å². The normalized spacial score (nSPS) is 19.7. The molecule has 6 nitrogen and oxygen atoms in total. The van der Waals surface area contributed by atoms with E-state index in [1.165, 1.54) is 11.8 Å². The molecule has 2 atom stereocenters. The van der Waals surface area contributed by atoms with Crippen LogP contribution in [-0.2, 0) is 4.79 Å². The molecule has 0 bridgehead atoms. The van der Waals surface area contributed by atoms with Crippen molar-refractivity contribution in [3.05, 3.63) is 23.8 Å². The van der Waals surface area contributed by atoms with Gasteiger partial charge in [0.1, 0.15) is 16.9 Å². The third kappa shape index (κ3) is 3.25. The maximum absolute atomic E-state index is 12.0. The molecule has 0 aromatic heterocycles. The Bertz CT molecular complexity index is 488. The largest absolute Gasteiger partial charge is 0.496 e. The number of hydrogen-bond acceptors (Lipinski definition) is 6. The molecule has 1 heterocycles. The van der Waals surface area contributed by atoms with Crippen molar-refractivity contribution in [3.63, 3.8) is 0 Å². The lowest BCUT2D eigenvalue weighted by Crippen LogP contribution is -2.37.